The molecule has 2 aromatic carbocycles. The van der Waals surface area contributed by atoms with Gasteiger partial charge in [-0.05, 0) is 61.8 Å². The van der Waals surface area contributed by atoms with E-state index in [0.717, 1.165) is 17.5 Å². The van der Waals surface area contributed by atoms with Crippen LogP contribution >= 0.6 is 11.6 Å². The molecule has 0 amide bonds. The summed E-state index contributed by atoms with van der Waals surface area (Å²) in [5.41, 5.74) is 4.40. The van der Waals surface area contributed by atoms with Gasteiger partial charge >= 0.3 is 0 Å². The molecule has 0 spiro atoms. The Balaban J connectivity index is 2.00. The lowest BCUT2D eigenvalue weighted by Gasteiger charge is -2.14. The highest BCUT2D eigenvalue weighted by Crippen LogP contribution is 2.47. The zero-order chi connectivity index (χ0) is 21.1. The Bertz CT molecular complexity index is 1230. The average Bonchev–Trinajstić information content (AvgIpc) is 3.24. The number of fused-ring (bicyclic) bond motifs is 1. The predicted octanol–water partition coefficient (Wildman–Crippen LogP) is 5.35. The zero-order valence-electron chi connectivity index (χ0n) is 17.0. The monoisotopic (exact) mass is 429 g/mol. The number of benzene rings is 2. The SMILES string of the molecule is Cc1cc(C)c(S(=O)(=O)n2cc(C(=O)CCl)c3ccc([C@@H]4C[C@H]4C)cc32)c(C)c1. The lowest BCUT2D eigenvalue weighted by atomic mass is 10.0. The Morgan fingerprint density at radius 3 is 2.31 bits per heavy atom. The summed E-state index contributed by atoms with van der Waals surface area (Å²) in [5.74, 6) is 0.567. The number of carbonyl (C=O) groups excluding carboxylic acids is 1. The topological polar surface area (TPSA) is 56.1 Å². The number of alkyl halides is 1. The van der Waals surface area contributed by atoms with Crippen molar-refractivity contribution in [2.24, 2.45) is 5.92 Å². The molecule has 3 aromatic rings. The van der Waals surface area contributed by atoms with Crippen LogP contribution in [0.3, 0.4) is 0 Å². The zero-order valence-corrected chi connectivity index (χ0v) is 18.6. The molecule has 1 aromatic heterocycles. The third kappa shape index (κ3) is 3.30. The fourth-order valence-corrected chi connectivity index (χ4v) is 6.32. The summed E-state index contributed by atoms with van der Waals surface area (Å²) in [6.45, 7) is 7.75. The molecular formula is C23H24ClNO3S. The second kappa shape index (κ2) is 6.99. The second-order valence-corrected chi connectivity index (χ2v) is 10.2. The van der Waals surface area contributed by atoms with E-state index < -0.39 is 10.0 Å². The van der Waals surface area contributed by atoms with Crippen LogP contribution in [0, 0.1) is 26.7 Å². The molecule has 1 fully saturated rings. The molecule has 0 unspecified atom stereocenters. The van der Waals surface area contributed by atoms with Gasteiger partial charge in [-0.15, -0.1) is 11.6 Å². The van der Waals surface area contributed by atoms with Crippen molar-refractivity contribution >= 4 is 38.3 Å². The van der Waals surface area contributed by atoms with E-state index >= 15 is 0 Å². The van der Waals surface area contributed by atoms with Gasteiger partial charge in [0.1, 0.15) is 0 Å². The summed E-state index contributed by atoms with van der Waals surface area (Å²) in [5, 5.41) is 0.624. The summed E-state index contributed by atoms with van der Waals surface area (Å²) in [6, 6.07) is 9.52. The summed E-state index contributed by atoms with van der Waals surface area (Å²) in [4.78, 5) is 12.7. The van der Waals surface area contributed by atoms with Crippen molar-refractivity contribution in [2.75, 3.05) is 5.88 Å². The Kier molecular flexibility index (Phi) is 4.87. The van der Waals surface area contributed by atoms with E-state index in [1.54, 1.807) is 13.8 Å². The quantitative estimate of drug-likeness (QED) is 0.406. The molecule has 152 valence electrons. The third-order valence-electron chi connectivity index (χ3n) is 5.88. The summed E-state index contributed by atoms with van der Waals surface area (Å²) in [7, 11) is -3.88. The molecule has 0 N–H and O–H groups in total. The first-order chi connectivity index (χ1) is 13.6. The number of nitrogens with zero attached hydrogens (tertiary/aromatic N) is 1. The van der Waals surface area contributed by atoms with E-state index in [4.69, 9.17) is 11.6 Å². The largest absolute Gasteiger partial charge is 0.293 e. The van der Waals surface area contributed by atoms with E-state index in [0.29, 0.717) is 39.4 Å². The van der Waals surface area contributed by atoms with Crippen molar-refractivity contribution in [1.82, 2.24) is 3.97 Å². The molecule has 1 heterocycles. The van der Waals surface area contributed by atoms with Gasteiger partial charge in [0.15, 0.2) is 5.78 Å². The highest BCUT2D eigenvalue weighted by molar-refractivity contribution is 7.90. The van der Waals surface area contributed by atoms with E-state index in [1.807, 2.05) is 37.3 Å². The first-order valence-electron chi connectivity index (χ1n) is 9.72. The Hall–Kier alpha value is -2.11. The molecule has 0 bridgehead atoms. The Morgan fingerprint density at radius 2 is 1.76 bits per heavy atom. The van der Waals surface area contributed by atoms with Crippen LogP contribution in [0.25, 0.3) is 10.9 Å². The van der Waals surface area contributed by atoms with Gasteiger partial charge in [0.2, 0.25) is 0 Å². The molecule has 0 saturated heterocycles. The van der Waals surface area contributed by atoms with E-state index in [9.17, 15) is 13.2 Å². The molecule has 4 rings (SSSR count). The van der Waals surface area contributed by atoms with Gasteiger partial charge in [-0.3, -0.25) is 4.79 Å². The van der Waals surface area contributed by atoms with Gasteiger partial charge in [-0.1, -0.05) is 36.8 Å². The number of halogens is 1. The van der Waals surface area contributed by atoms with Crippen LogP contribution in [0.2, 0.25) is 0 Å². The molecule has 0 radical (unpaired) electrons. The minimum atomic E-state index is -3.88. The molecule has 29 heavy (non-hydrogen) atoms. The van der Waals surface area contributed by atoms with Crippen molar-refractivity contribution in [2.45, 2.75) is 44.9 Å². The van der Waals surface area contributed by atoms with Crippen LogP contribution in [0.15, 0.2) is 41.4 Å². The number of hydrogen-bond donors (Lipinski definition) is 0. The normalized spacial score (nSPS) is 18.9. The van der Waals surface area contributed by atoms with Crippen molar-refractivity contribution < 1.29 is 13.2 Å². The first-order valence-corrected chi connectivity index (χ1v) is 11.7. The van der Waals surface area contributed by atoms with Crippen LogP contribution in [0.5, 0.6) is 0 Å². The number of carbonyl (C=O) groups is 1. The lowest BCUT2D eigenvalue weighted by Crippen LogP contribution is -2.15. The Morgan fingerprint density at radius 1 is 1.14 bits per heavy atom. The highest BCUT2D eigenvalue weighted by Gasteiger charge is 2.35. The van der Waals surface area contributed by atoms with Gasteiger partial charge < -0.3 is 0 Å². The van der Waals surface area contributed by atoms with Crippen LogP contribution in [-0.2, 0) is 10.0 Å². The van der Waals surface area contributed by atoms with Gasteiger partial charge in [-0.25, -0.2) is 12.4 Å². The van der Waals surface area contributed by atoms with Gasteiger partial charge in [0.05, 0.1) is 16.3 Å². The number of hydrogen-bond acceptors (Lipinski definition) is 3. The van der Waals surface area contributed by atoms with Crippen LogP contribution < -0.4 is 0 Å². The maximum atomic E-state index is 13.7. The number of Topliss-reactive ketones (excluding diaryl/α,β-unsaturated/α-hetero) is 1. The van der Waals surface area contributed by atoms with Crippen LogP contribution in [-0.4, -0.2) is 24.1 Å². The van der Waals surface area contributed by atoms with Crippen molar-refractivity contribution in [3.8, 4) is 0 Å². The summed E-state index contributed by atoms with van der Waals surface area (Å²) < 4.78 is 28.7. The van der Waals surface area contributed by atoms with E-state index in [-0.39, 0.29) is 16.6 Å². The smallest absolute Gasteiger partial charge is 0.268 e. The van der Waals surface area contributed by atoms with Crippen molar-refractivity contribution in [1.29, 1.82) is 0 Å². The van der Waals surface area contributed by atoms with Crippen molar-refractivity contribution in [3.63, 3.8) is 0 Å². The fraction of sp³-hybridized carbons (Fsp3) is 0.348. The molecule has 6 heteroatoms. The minimum Gasteiger partial charge on any atom is -0.293 e. The number of rotatable bonds is 5. The molecule has 1 aliphatic rings. The standard InChI is InChI=1S/C23H24ClNO3S/c1-13-7-15(3)23(16(4)8-13)29(27,28)25-12-20(22(26)11-24)18-6-5-17(10-21(18)25)19-9-14(19)2/h5-8,10,12,14,19H,9,11H2,1-4H3/t14-,19-/m1/s1. The van der Waals surface area contributed by atoms with Crippen molar-refractivity contribution in [3.05, 3.63) is 64.3 Å². The highest BCUT2D eigenvalue weighted by atomic mass is 35.5. The number of ketones is 1. The van der Waals surface area contributed by atoms with Gasteiger partial charge in [0.25, 0.3) is 10.0 Å². The molecular weight excluding hydrogens is 406 g/mol. The Labute approximate surface area is 176 Å². The number of aryl methyl sites for hydroxylation is 3. The average molecular weight is 430 g/mol. The minimum absolute atomic E-state index is 0.191. The number of aromatic nitrogens is 1. The van der Waals surface area contributed by atoms with Gasteiger partial charge in [-0.2, -0.15) is 0 Å². The van der Waals surface area contributed by atoms with Crippen LogP contribution in [0.4, 0.5) is 0 Å². The van der Waals surface area contributed by atoms with E-state index in [2.05, 4.69) is 6.92 Å². The summed E-state index contributed by atoms with van der Waals surface area (Å²) >= 11 is 5.80. The van der Waals surface area contributed by atoms with Gasteiger partial charge in [0, 0.05) is 17.1 Å². The first kappa shape index (κ1) is 20.2. The summed E-state index contributed by atoms with van der Waals surface area (Å²) in [6.07, 6.45) is 2.53. The molecule has 2 atom stereocenters. The lowest BCUT2D eigenvalue weighted by molar-refractivity contribution is 0.102. The predicted molar refractivity (Wildman–Crippen MR) is 117 cm³/mol. The molecule has 4 nitrogen and oxygen atoms in total. The molecule has 0 aliphatic heterocycles. The van der Waals surface area contributed by atoms with E-state index in [1.165, 1.54) is 10.2 Å². The second-order valence-electron chi connectivity index (χ2n) is 8.22. The molecule has 1 saturated carbocycles. The maximum Gasteiger partial charge on any atom is 0.268 e. The fourth-order valence-electron chi connectivity index (χ4n) is 4.40. The third-order valence-corrected chi connectivity index (χ3v) is 8.10. The maximum absolute atomic E-state index is 13.7. The molecule has 1 aliphatic carbocycles. The van der Waals surface area contributed by atoms with Crippen LogP contribution in [0.1, 0.15) is 51.9 Å².